The number of quaternary nitrogens is 1. The predicted molar refractivity (Wildman–Crippen MR) is 107 cm³/mol. The Balaban J connectivity index is 3.73. The molecule has 0 aliphatic heterocycles. The Morgan fingerprint density at radius 3 is 1.00 bits per heavy atom. The summed E-state index contributed by atoms with van der Waals surface area (Å²) in [5.74, 6) is 0. The van der Waals surface area contributed by atoms with Crippen molar-refractivity contribution in [2.45, 2.75) is 118 Å². The smallest absolute Gasteiger partial charge is 0.0786 e. The maximum atomic E-state index is 2.41. The summed E-state index contributed by atoms with van der Waals surface area (Å²) in [6.45, 7) is 14.9. The van der Waals surface area contributed by atoms with E-state index >= 15 is 0 Å². The SMILES string of the molecule is CCCCCCCCCC[N+](CC)(CC)CCCCCCCC. The van der Waals surface area contributed by atoms with Crippen LogP contribution in [0.4, 0.5) is 0 Å². The number of rotatable bonds is 18. The summed E-state index contributed by atoms with van der Waals surface area (Å²) < 4.78 is 1.38. The lowest BCUT2D eigenvalue weighted by Crippen LogP contribution is -2.49. The summed E-state index contributed by atoms with van der Waals surface area (Å²) in [7, 11) is 0. The molecule has 0 radical (unpaired) electrons. The summed E-state index contributed by atoms with van der Waals surface area (Å²) in [5.41, 5.74) is 0. The van der Waals surface area contributed by atoms with E-state index in [-0.39, 0.29) is 0 Å². The molecular formula is C22H48N+. The van der Waals surface area contributed by atoms with Crippen molar-refractivity contribution in [3.63, 3.8) is 0 Å². The molecule has 0 amide bonds. The van der Waals surface area contributed by atoms with Crippen LogP contribution in [0.3, 0.4) is 0 Å². The molecule has 0 aliphatic carbocycles. The fourth-order valence-electron chi connectivity index (χ4n) is 3.78. The first-order valence-corrected chi connectivity index (χ1v) is 11.1. The second kappa shape index (κ2) is 16.8. The molecule has 0 bridgehead atoms. The van der Waals surface area contributed by atoms with Crippen LogP contribution in [0.2, 0.25) is 0 Å². The van der Waals surface area contributed by atoms with Crippen molar-refractivity contribution in [3.05, 3.63) is 0 Å². The zero-order chi connectivity index (χ0) is 17.2. The fourth-order valence-corrected chi connectivity index (χ4v) is 3.78. The lowest BCUT2D eigenvalue weighted by atomic mass is 10.1. The molecule has 0 aromatic heterocycles. The van der Waals surface area contributed by atoms with E-state index in [4.69, 9.17) is 0 Å². The molecule has 0 aromatic carbocycles. The predicted octanol–water partition coefficient (Wildman–Crippen LogP) is 7.34. The largest absolute Gasteiger partial charge is 0.324 e. The van der Waals surface area contributed by atoms with Gasteiger partial charge in [-0.2, -0.15) is 0 Å². The van der Waals surface area contributed by atoms with Crippen LogP contribution in [-0.4, -0.2) is 30.7 Å². The first kappa shape index (κ1) is 23.0. The maximum Gasteiger partial charge on any atom is 0.0786 e. The van der Waals surface area contributed by atoms with E-state index in [1.165, 1.54) is 121 Å². The Kier molecular flexibility index (Phi) is 16.8. The molecule has 0 unspecified atom stereocenters. The van der Waals surface area contributed by atoms with Crippen LogP contribution in [0.5, 0.6) is 0 Å². The maximum absolute atomic E-state index is 2.41. The first-order valence-electron chi connectivity index (χ1n) is 11.1. The highest BCUT2D eigenvalue weighted by molar-refractivity contribution is 4.50. The minimum atomic E-state index is 1.34. The minimum Gasteiger partial charge on any atom is -0.324 e. The van der Waals surface area contributed by atoms with Crippen molar-refractivity contribution < 1.29 is 4.48 Å². The average molecular weight is 327 g/mol. The van der Waals surface area contributed by atoms with Crippen molar-refractivity contribution in [3.8, 4) is 0 Å². The van der Waals surface area contributed by atoms with Crippen molar-refractivity contribution in [2.75, 3.05) is 26.2 Å². The van der Waals surface area contributed by atoms with E-state index in [2.05, 4.69) is 27.7 Å². The van der Waals surface area contributed by atoms with Gasteiger partial charge in [0, 0.05) is 0 Å². The van der Waals surface area contributed by atoms with Crippen LogP contribution >= 0.6 is 0 Å². The molecule has 0 heterocycles. The molecule has 140 valence electrons. The quantitative estimate of drug-likeness (QED) is 0.182. The van der Waals surface area contributed by atoms with Crippen LogP contribution in [-0.2, 0) is 0 Å². The lowest BCUT2D eigenvalue weighted by Gasteiger charge is -2.37. The van der Waals surface area contributed by atoms with Gasteiger partial charge < -0.3 is 4.48 Å². The van der Waals surface area contributed by atoms with Gasteiger partial charge in [-0.1, -0.05) is 78.1 Å². The van der Waals surface area contributed by atoms with Gasteiger partial charge >= 0.3 is 0 Å². The van der Waals surface area contributed by atoms with Crippen molar-refractivity contribution in [1.82, 2.24) is 0 Å². The highest BCUT2D eigenvalue weighted by Crippen LogP contribution is 2.15. The zero-order valence-corrected chi connectivity index (χ0v) is 17.2. The summed E-state index contributed by atoms with van der Waals surface area (Å²) >= 11 is 0. The Morgan fingerprint density at radius 2 is 0.696 bits per heavy atom. The number of nitrogens with zero attached hydrogens (tertiary/aromatic N) is 1. The second-order valence-electron chi connectivity index (χ2n) is 7.66. The van der Waals surface area contributed by atoms with Crippen LogP contribution in [0.1, 0.15) is 118 Å². The molecular weight excluding hydrogens is 278 g/mol. The zero-order valence-electron chi connectivity index (χ0n) is 17.2. The average Bonchev–Trinajstić information content (AvgIpc) is 2.58. The van der Waals surface area contributed by atoms with Crippen molar-refractivity contribution in [2.24, 2.45) is 0 Å². The second-order valence-corrected chi connectivity index (χ2v) is 7.66. The van der Waals surface area contributed by atoms with Gasteiger partial charge in [-0.25, -0.2) is 0 Å². The number of unbranched alkanes of at least 4 members (excludes halogenated alkanes) is 12. The highest BCUT2D eigenvalue weighted by Gasteiger charge is 2.21. The van der Waals surface area contributed by atoms with E-state index in [1.807, 2.05) is 0 Å². The van der Waals surface area contributed by atoms with Gasteiger partial charge in [-0.15, -0.1) is 0 Å². The molecule has 0 aliphatic rings. The monoisotopic (exact) mass is 326 g/mol. The molecule has 0 rings (SSSR count). The van der Waals surface area contributed by atoms with Crippen LogP contribution in [0, 0.1) is 0 Å². The van der Waals surface area contributed by atoms with E-state index in [0.717, 1.165) is 0 Å². The molecule has 0 atom stereocenters. The summed E-state index contributed by atoms with van der Waals surface area (Å²) in [6, 6.07) is 0. The first-order chi connectivity index (χ1) is 11.2. The molecule has 0 aromatic rings. The molecule has 23 heavy (non-hydrogen) atoms. The van der Waals surface area contributed by atoms with Crippen molar-refractivity contribution >= 4 is 0 Å². The highest BCUT2D eigenvalue weighted by atomic mass is 15.3. The standard InChI is InChI=1S/C22H48N/c1-5-9-11-13-15-16-18-20-22-23(7-3,8-4)21-19-17-14-12-10-6-2/h5-22H2,1-4H3/q+1. The third-order valence-electron chi connectivity index (χ3n) is 5.81. The van der Waals surface area contributed by atoms with Gasteiger partial charge in [-0.3, -0.25) is 0 Å². The molecule has 1 heteroatoms. The Morgan fingerprint density at radius 1 is 0.391 bits per heavy atom. The third-order valence-corrected chi connectivity index (χ3v) is 5.81. The minimum absolute atomic E-state index is 1.34. The van der Waals surface area contributed by atoms with Gasteiger partial charge in [-0.05, 0) is 39.5 Å². The molecule has 0 spiro atoms. The topological polar surface area (TPSA) is 0 Å². The van der Waals surface area contributed by atoms with Gasteiger partial charge in [0.25, 0.3) is 0 Å². The lowest BCUT2D eigenvalue weighted by molar-refractivity contribution is -0.925. The van der Waals surface area contributed by atoms with Gasteiger partial charge in [0.2, 0.25) is 0 Å². The van der Waals surface area contributed by atoms with Crippen LogP contribution < -0.4 is 0 Å². The van der Waals surface area contributed by atoms with Gasteiger partial charge in [0.05, 0.1) is 26.2 Å². The summed E-state index contributed by atoms with van der Waals surface area (Å²) in [5, 5.41) is 0. The Bertz CT molecular complexity index is 220. The molecule has 0 fully saturated rings. The molecule has 0 saturated heterocycles. The van der Waals surface area contributed by atoms with Gasteiger partial charge in [0.15, 0.2) is 0 Å². The Hall–Kier alpha value is -0.0400. The number of hydrogen-bond acceptors (Lipinski definition) is 0. The number of hydrogen-bond donors (Lipinski definition) is 0. The van der Waals surface area contributed by atoms with E-state index in [1.54, 1.807) is 0 Å². The normalized spacial score (nSPS) is 12.0. The van der Waals surface area contributed by atoms with E-state index in [9.17, 15) is 0 Å². The molecule has 1 nitrogen and oxygen atoms in total. The fraction of sp³-hybridized carbons (Fsp3) is 1.00. The summed E-state index contributed by atoms with van der Waals surface area (Å²) in [4.78, 5) is 0. The molecule has 0 saturated carbocycles. The van der Waals surface area contributed by atoms with E-state index < -0.39 is 0 Å². The van der Waals surface area contributed by atoms with Crippen LogP contribution in [0.15, 0.2) is 0 Å². The van der Waals surface area contributed by atoms with Gasteiger partial charge in [0.1, 0.15) is 0 Å². The van der Waals surface area contributed by atoms with Crippen LogP contribution in [0.25, 0.3) is 0 Å². The van der Waals surface area contributed by atoms with Crippen molar-refractivity contribution in [1.29, 1.82) is 0 Å². The third kappa shape index (κ3) is 13.0. The summed E-state index contributed by atoms with van der Waals surface area (Å²) in [6.07, 6.45) is 20.2. The van der Waals surface area contributed by atoms with E-state index in [0.29, 0.717) is 0 Å². The molecule has 0 N–H and O–H groups in total. The Labute approximate surface area is 148 Å².